The Bertz CT molecular complexity index is 436. The lowest BCUT2D eigenvalue weighted by molar-refractivity contribution is 0.0755. The van der Waals surface area contributed by atoms with Gasteiger partial charge in [0, 0.05) is 25.3 Å². The molecular weight excluding hydrogens is 242 g/mol. The lowest BCUT2D eigenvalue weighted by atomic mass is 10.1. The number of hydrogen-bond donors (Lipinski definition) is 2. The van der Waals surface area contributed by atoms with Crippen molar-refractivity contribution in [3.8, 4) is 0 Å². The third-order valence-electron chi connectivity index (χ3n) is 3.93. The summed E-state index contributed by atoms with van der Waals surface area (Å²) in [5.41, 5.74) is 6.97. The van der Waals surface area contributed by atoms with E-state index in [0.717, 1.165) is 31.7 Å². The Labute approximate surface area is 113 Å². The van der Waals surface area contributed by atoms with Crippen LogP contribution >= 0.6 is 0 Å². The highest BCUT2D eigenvalue weighted by Gasteiger charge is 2.27. The van der Waals surface area contributed by atoms with Gasteiger partial charge >= 0.3 is 0 Å². The first-order valence-corrected chi connectivity index (χ1v) is 6.84. The van der Waals surface area contributed by atoms with E-state index in [1.165, 1.54) is 6.42 Å². The Morgan fingerprint density at radius 3 is 2.95 bits per heavy atom. The van der Waals surface area contributed by atoms with Crippen LogP contribution in [0.3, 0.4) is 0 Å². The van der Waals surface area contributed by atoms with Crippen molar-refractivity contribution in [1.82, 2.24) is 20.0 Å². The molecule has 2 rings (SSSR count). The van der Waals surface area contributed by atoms with Crippen molar-refractivity contribution in [2.24, 2.45) is 0 Å². The highest BCUT2D eigenvalue weighted by atomic mass is 16.2. The average molecular weight is 265 g/mol. The number of nitrogens with two attached hydrogens (primary N) is 1. The molecule has 0 bridgehead atoms. The van der Waals surface area contributed by atoms with Crippen molar-refractivity contribution in [2.45, 2.75) is 32.7 Å². The minimum atomic E-state index is -0.0493. The van der Waals surface area contributed by atoms with Crippen molar-refractivity contribution in [3.63, 3.8) is 0 Å². The molecular formula is C13H23N5O. The molecule has 1 aliphatic rings. The highest BCUT2D eigenvalue weighted by molar-refractivity contribution is 5.99. The second kappa shape index (κ2) is 5.61. The van der Waals surface area contributed by atoms with E-state index in [1.54, 1.807) is 4.90 Å². The van der Waals surface area contributed by atoms with Gasteiger partial charge in [-0.3, -0.25) is 14.8 Å². The van der Waals surface area contributed by atoms with Crippen LogP contribution in [0.25, 0.3) is 0 Å². The zero-order valence-corrected chi connectivity index (χ0v) is 11.9. The van der Waals surface area contributed by atoms with Crippen LogP contribution in [0.15, 0.2) is 0 Å². The molecule has 1 atom stereocenters. The van der Waals surface area contributed by atoms with Gasteiger partial charge in [-0.05, 0) is 32.9 Å². The predicted molar refractivity (Wildman–Crippen MR) is 75.0 cm³/mol. The lowest BCUT2D eigenvalue weighted by Gasteiger charge is -2.27. The molecule has 1 aromatic heterocycles. The van der Waals surface area contributed by atoms with Gasteiger partial charge in [0.15, 0.2) is 5.82 Å². The number of carbonyl (C=O) groups excluding carboxylic acids is 1. The van der Waals surface area contributed by atoms with E-state index in [9.17, 15) is 4.79 Å². The minimum Gasteiger partial charge on any atom is -0.382 e. The molecule has 1 fully saturated rings. The number of aromatic amines is 1. The maximum Gasteiger partial charge on any atom is 0.259 e. The van der Waals surface area contributed by atoms with E-state index >= 15 is 0 Å². The third-order valence-corrected chi connectivity index (χ3v) is 3.93. The summed E-state index contributed by atoms with van der Waals surface area (Å²) in [7, 11) is 1.83. The standard InChI is InChI=1S/C13H23N5O/c1-4-18-7-5-6-10(18)8-17(3)13(19)11-9(2)15-16-12(11)14/h10H,4-8H2,1-3H3,(H3,14,15,16). The van der Waals surface area contributed by atoms with Gasteiger partial charge in [-0.1, -0.05) is 6.92 Å². The Kier molecular flexibility index (Phi) is 4.09. The fourth-order valence-electron chi connectivity index (χ4n) is 2.83. The molecule has 2 heterocycles. The van der Waals surface area contributed by atoms with Gasteiger partial charge in [0.1, 0.15) is 5.56 Å². The van der Waals surface area contributed by atoms with Crippen LogP contribution in [0.5, 0.6) is 0 Å². The molecule has 19 heavy (non-hydrogen) atoms. The number of H-pyrrole nitrogens is 1. The Balaban J connectivity index is 2.04. The topological polar surface area (TPSA) is 78.2 Å². The van der Waals surface area contributed by atoms with Gasteiger partial charge in [-0.2, -0.15) is 5.10 Å². The van der Waals surface area contributed by atoms with Crippen LogP contribution < -0.4 is 5.73 Å². The van der Waals surface area contributed by atoms with E-state index in [1.807, 2.05) is 14.0 Å². The number of likely N-dealkylation sites (tertiary alicyclic amines) is 1. The zero-order valence-electron chi connectivity index (χ0n) is 11.9. The lowest BCUT2D eigenvalue weighted by Crippen LogP contribution is -2.41. The summed E-state index contributed by atoms with van der Waals surface area (Å²) >= 11 is 0. The van der Waals surface area contributed by atoms with Crippen LogP contribution in [-0.4, -0.2) is 58.6 Å². The number of nitrogen functional groups attached to an aromatic ring is 1. The van der Waals surface area contributed by atoms with Crippen molar-refractivity contribution in [3.05, 3.63) is 11.3 Å². The van der Waals surface area contributed by atoms with Crippen LogP contribution in [0.4, 0.5) is 5.82 Å². The zero-order chi connectivity index (χ0) is 14.0. The molecule has 1 amide bonds. The molecule has 0 radical (unpaired) electrons. The smallest absolute Gasteiger partial charge is 0.259 e. The molecule has 3 N–H and O–H groups in total. The number of rotatable bonds is 4. The summed E-state index contributed by atoms with van der Waals surface area (Å²) in [6.45, 7) is 6.91. The van der Waals surface area contributed by atoms with Gasteiger partial charge in [0.05, 0.1) is 0 Å². The molecule has 0 spiro atoms. The third kappa shape index (κ3) is 2.73. The summed E-state index contributed by atoms with van der Waals surface area (Å²) in [6.07, 6.45) is 2.37. The van der Waals surface area contributed by atoms with Crippen molar-refractivity contribution in [1.29, 1.82) is 0 Å². The summed E-state index contributed by atoms with van der Waals surface area (Å²) in [4.78, 5) is 16.6. The molecule has 1 aromatic rings. The van der Waals surface area contributed by atoms with Crippen LogP contribution in [-0.2, 0) is 0 Å². The summed E-state index contributed by atoms with van der Waals surface area (Å²) in [6, 6.07) is 0.465. The van der Waals surface area contributed by atoms with E-state index < -0.39 is 0 Å². The number of nitrogens with zero attached hydrogens (tertiary/aromatic N) is 3. The average Bonchev–Trinajstić information content (AvgIpc) is 2.95. The quantitative estimate of drug-likeness (QED) is 0.846. The number of carbonyl (C=O) groups is 1. The normalized spacial score (nSPS) is 19.8. The first-order chi connectivity index (χ1) is 9.04. The van der Waals surface area contributed by atoms with Crippen molar-refractivity contribution >= 4 is 11.7 Å². The van der Waals surface area contributed by atoms with Gasteiger partial charge in [0.25, 0.3) is 5.91 Å². The van der Waals surface area contributed by atoms with Crippen LogP contribution in [0.2, 0.25) is 0 Å². The maximum absolute atomic E-state index is 12.4. The Hall–Kier alpha value is -1.56. The number of hydrogen-bond acceptors (Lipinski definition) is 4. The molecule has 1 saturated heterocycles. The van der Waals surface area contributed by atoms with Gasteiger partial charge in [-0.15, -0.1) is 0 Å². The van der Waals surface area contributed by atoms with E-state index in [2.05, 4.69) is 22.0 Å². The van der Waals surface area contributed by atoms with Crippen LogP contribution in [0.1, 0.15) is 35.8 Å². The second-order valence-corrected chi connectivity index (χ2v) is 5.22. The molecule has 106 valence electrons. The largest absolute Gasteiger partial charge is 0.382 e. The first kappa shape index (κ1) is 13.9. The Morgan fingerprint density at radius 2 is 2.37 bits per heavy atom. The van der Waals surface area contributed by atoms with Gasteiger partial charge in [0.2, 0.25) is 0 Å². The van der Waals surface area contributed by atoms with Crippen LogP contribution in [0, 0.1) is 6.92 Å². The number of aromatic nitrogens is 2. The van der Waals surface area contributed by atoms with Crippen molar-refractivity contribution in [2.75, 3.05) is 32.4 Å². The first-order valence-electron chi connectivity index (χ1n) is 6.84. The van der Waals surface area contributed by atoms with Gasteiger partial charge < -0.3 is 10.6 Å². The molecule has 0 aliphatic carbocycles. The number of amides is 1. The molecule has 6 nitrogen and oxygen atoms in total. The molecule has 6 heteroatoms. The van der Waals surface area contributed by atoms with E-state index in [0.29, 0.717) is 11.6 Å². The summed E-state index contributed by atoms with van der Waals surface area (Å²) in [5, 5.41) is 6.63. The molecule has 0 aromatic carbocycles. The number of likely N-dealkylation sites (N-methyl/N-ethyl adjacent to an activating group) is 2. The fourth-order valence-corrected chi connectivity index (χ4v) is 2.83. The monoisotopic (exact) mass is 265 g/mol. The fraction of sp³-hybridized carbons (Fsp3) is 0.692. The number of nitrogens with one attached hydrogen (secondary N) is 1. The SMILES string of the molecule is CCN1CCCC1CN(C)C(=O)c1c(N)n[nH]c1C. The molecule has 0 saturated carbocycles. The van der Waals surface area contributed by atoms with E-state index in [4.69, 9.17) is 5.73 Å². The second-order valence-electron chi connectivity index (χ2n) is 5.22. The summed E-state index contributed by atoms with van der Waals surface area (Å²) in [5.74, 6) is 0.236. The molecule has 1 unspecified atom stereocenters. The van der Waals surface area contributed by atoms with E-state index in [-0.39, 0.29) is 11.7 Å². The Morgan fingerprint density at radius 1 is 1.63 bits per heavy atom. The summed E-state index contributed by atoms with van der Waals surface area (Å²) < 4.78 is 0. The molecule has 1 aliphatic heterocycles. The number of aryl methyl sites for hydroxylation is 1. The highest BCUT2D eigenvalue weighted by Crippen LogP contribution is 2.19. The maximum atomic E-state index is 12.4. The predicted octanol–water partition coefficient (Wildman–Crippen LogP) is 0.857. The van der Waals surface area contributed by atoms with Crippen molar-refractivity contribution < 1.29 is 4.79 Å². The minimum absolute atomic E-state index is 0.0493. The number of anilines is 1. The van der Waals surface area contributed by atoms with Gasteiger partial charge in [-0.25, -0.2) is 0 Å².